The number of likely N-dealkylation sites (N-methyl/N-ethyl adjacent to an activating group) is 2. The quantitative estimate of drug-likeness (QED) is 0.0386. The molecule has 3 rings (SSSR count). The van der Waals surface area contributed by atoms with E-state index in [2.05, 4.69) is 20.9 Å². The van der Waals surface area contributed by atoms with Gasteiger partial charge in [-0.3, -0.25) is 62.5 Å². The number of methoxy groups -OCH3 is 2. The number of Topliss-reactive ketones (excluding diaryl/α,β-unsaturated/α-hetero) is 2. The number of ketones is 2. The topological polar surface area (TPSA) is 316 Å². The molecule has 5 N–H and O–H groups in total. The second-order valence-corrected chi connectivity index (χ2v) is 27.2. The van der Waals surface area contributed by atoms with Crippen LogP contribution in [0.5, 0.6) is 0 Å². The lowest BCUT2D eigenvalue weighted by Crippen LogP contribution is -2.55. The number of aliphatic carboxylic acids is 2. The van der Waals surface area contributed by atoms with Gasteiger partial charge >= 0.3 is 11.9 Å². The van der Waals surface area contributed by atoms with Crippen LogP contribution in [0, 0.1) is 40.9 Å². The minimum atomic E-state index is -1.44. The number of imide groups is 1. The van der Waals surface area contributed by atoms with Gasteiger partial charge in [0.15, 0.2) is 11.6 Å². The van der Waals surface area contributed by atoms with E-state index in [9.17, 15) is 67.7 Å². The summed E-state index contributed by atoms with van der Waals surface area (Å²) in [7, 11) is 8.41. The van der Waals surface area contributed by atoms with Crippen LogP contribution in [-0.2, 0) is 73.4 Å². The maximum Gasteiger partial charge on any atom is 0.326 e. The Morgan fingerprint density at radius 3 is 1.91 bits per heavy atom. The van der Waals surface area contributed by atoms with Crippen molar-refractivity contribution in [2.24, 2.45) is 40.9 Å². The van der Waals surface area contributed by atoms with Gasteiger partial charge in [0, 0.05) is 110 Å². The maximum atomic E-state index is 14.9. The van der Waals surface area contributed by atoms with Crippen molar-refractivity contribution in [3.63, 3.8) is 0 Å². The smallest absolute Gasteiger partial charge is 0.326 e. The Morgan fingerprint density at radius 1 is 0.731 bits per heavy atom. The molecular weight excluding hydrogens is 1200 g/mol. The van der Waals surface area contributed by atoms with Crippen molar-refractivity contribution < 1.29 is 77.2 Å². The zero-order chi connectivity index (χ0) is 70.0. The minimum Gasteiger partial charge on any atom is -0.481 e. The van der Waals surface area contributed by atoms with Crippen molar-refractivity contribution >= 4 is 70.8 Å². The highest BCUT2D eigenvalue weighted by Gasteiger charge is 2.44. The molecule has 0 unspecified atom stereocenters. The Bertz CT molecular complexity index is 2700. The molecule has 24 heteroatoms. The van der Waals surface area contributed by atoms with Gasteiger partial charge in [0.2, 0.25) is 35.4 Å². The SMILES string of the molecule is CC[C@H](C)[C@@H]([C@@H](CC(=O)N1CCC[C@H]1[C@H](OC)[C@@H](C)C(=O)N[C@@H](Cc1ccccc1)C(=O)C[C@@H](CCC(=O)O)C(=O)N[C@@H](CCCCNC(=O)CCN1C(=O)C=CC1=O)C(=O)O)OC)N(C)C(=O)[C@@H](CC(=O)[C@H](C(C)C)N(C)CCCCN(C)C(=O)C(C)(C)C)C(C)C. The van der Waals surface area contributed by atoms with Crippen molar-refractivity contribution in [3.05, 3.63) is 48.0 Å². The molecule has 2 aliphatic heterocycles. The predicted molar refractivity (Wildman–Crippen MR) is 351 cm³/mol. The molecule has 522 valence electrons. The zero-order valence-corrected chi connectivity index (χ0v) is 58.0. The number of hydrogen-bond donors (Lipinski definition) is 5. The Morgan fingerprint density at radius 2 is 1.35 bits per heavy atom. The normalized spacial score (nSPS) is 17.5. The van der Waals surface area contributed by atoms with Gasteiger partial charge in [-0.05, 0) is 94.7 Å². The number of ether oxygens (including phenoxy) is 2. The van der Waals surface area contributed by atoms with Crippen molar-refractivity contribution in [1.29, 1.82) is 0 Å². The monoisotopic (exact) mass is 1310 g/mol. The van der Waals surface area contributed by atoms with E-state index >= 15 is 0 Å². The largest absolute Gasteiger partial charge is 0.481 e. The van der Waals surface area contributed by atoms with Gasteiger partial charge in [0.05, 0.1) is 48.7 Å². The lowest BCUT2D eigenvalue weighted by molar-refractivity contribution is -0.149. The van der Waals surface area contributed by atoms with E-state index in [-0.39, 0.29) is 99.3 Å². The molecule has 8 amide bonds. The number of carboxylic acids is 2. The summed E-state index contributed by atoms with van der Waals surface area (Å²) in [5.74, 6) is -9.96. The van der Waals surface area contributed by atoms with Gasteiger partial charge in [0.25, 0.3) is 11.8 Å². The Kier molecular flexibility index (Phi) is 33.7. The van der Waals surface area contributed by atoms with Gasteiger partial charge in [-0.25, -0.2) is 4.79 Å². The van der Waals surface area contributed by atoms with E-state index in [1.54, 1.807) is 59.0 Å². The molecule has 2 aliphatic rings. The van der Waals surface area contributed by atoms with Gasteiger partial charge in [-0.2, -0.15) is 0 Å². The van der Waals surface area contributed by atoms with Crippen LogP contribution in [0.2, 0.25) is 0 Å². The molecule has 1 saturated heterocycles. The average molecular weight is 1310 g/mol. The van der Waals surface area contributed by atoms with Crippen LogP contribution in [0.25, 0.3) is 0 Å². The number of nitrogens with zero attached hydrogens (tertiary/aromatic N) is 5. The van der Waals surface area contributed by atoms with Crippen molar-refractivity contribution in [2.45, 2.75) is 208 Å². The second-order valence-electron chi connectivity index (χ2n) is 27.2. The minimum absolute atomic E-state index is 0.0179. The van der Waals surface area contributed by atoms with E-state index in [0.29, 0.717) is 50.9 Å². The van der Waals surface area contributed by atoms with E-state index in [0.717, 1.165) is 29.9 Å². The Labute approximate surface area is 551 Å². The predicted octanol–water partition coefficient (Wildman–Crippen LogP) is 5.72. The molecule has 0 radical (unpaired) electrons. The fourth-order valence-corrected chi connectivity index (χ4v) is 12.8. The fraction of sp³-hybridized carbons (Fsp3) is 0.710. The Hall–Kier alpha value is -6.92. The molecule has 2 heterocycles. The first-order valence-corrected chi connectivity index (χ1v) is 33.2. The summed E-state index contributed by atoms with van der Waals surface area (Å²) in [6.45, 7) is 20.8. The first kappa shape index (κ1) is 80.3. The van der Waals surface area contributed by atoms with E-state index < -0.39 is 126 Å². The highest BCUT2D eigenvalue weighted by Crippen LogP contribution is 2.32. The van der Waals surface area contributed by atoms with Gasteiger partial charge in [-0.15, -0.1) is 0 Å². The molecule has 1 fully saturated rings. The van der Waals surface area contributed by atoms with Crippen LogP contribution in [-0.4, -0.2) is 216 Å². The number of rotatable bonds is 43. The molecule has 24 nitrogen and oxygen atoms in total. The molecule has 0 spiro atoms. The number of benzene rings is 1. The lowest BCUT2D eigenvalue weighted by atomic mass is 9.83. The van der Waals surface area contributed by atoms with Crippen molar-refractivity contribution in [1.82, 2.24) is 40.4 Å². The number of carbonyl (C=O) groups is 12. The molecule has 0 aliphatic carbocycles. The summed E-state index contributed by atoms with van der Waals surface area (Å²) < 4.78 is 12.2. The summed E-state index contributed by atoms with van der Waals surface area (Å²) in [5.41, 5.74) is 0.181. The van der Waals surface area contributed by atoms with Crippen molar-refractivity contribution in [3.8, 4) is 0 Å². The van der Waals surface area contributed by atoms with Gasteiger partial charge < -0.3 is 50.3 Å². The van der Waals surface area contributed by atoms with Crippen LogP contribution in [0.3, 0.4) is 0 Å². The molecule has 0 saturated carbocycles. The third-order valence-corrected chi connectivity index (χ3v) is 18.3. The first-order chi connectivity index (χ1) is 43.7. The summed E-state index contributed by atoms with van der Waals surface area (Å²) in [5, 5.41) is 27.8. The summed E-state index contributed by atoms with van der Waals surface area (Å²) in [6.07, 6.45) is 2.63. The van der Waals surface area contributed by atoms with Crippen LogP contribution in [0.15, 0.2) is 42.5 Å². The average Bonchev–Trinajstić information content (AvgIpc) is 1.83. The number of carboxylic acid groups (broad SMARTS) is 2. The van der Waals surface area contributed by atoms with Crippen molar-refractivity contribution in [2.75, 3.05) is 68.1 Å². The number of amides is 8. The third kappa shape index (κ3) is 25.1. The standard InChI is InChI=1S/C69H110N8O16/c1-16-45(6)62(75(13)66(88)49(43(2)3)41-54(79)61(44(4)5)73(11)35-22-23-36-74(12)68(91)69(8,9)10)55(92-14)42-59(83)76-37-24-28-52(76)63(93-15)46(7)64(86)72-51(39-47-25-18-17-19-26-47)53(78)40-48(29-32-60(84)85)65(87)71-50(67(89)90)27-20-21-34-70-56(80)33-38-77-57(81)30-31-58(77)82/h17-19,25-26,30-31,43-46,48-52,55,61-63H,16,20-24,27-29,32-42H2,1-15H3,(H,70,80)(H,71,87)(H,72,86)(H,84,85)(H,89,90)/t45-,46+,48+,49-,50-,51-,52-,55+,61-,62-,63+/m0/s1. The van der Waals surface area contributed by atoms with Crippen LogP contribution < -0.4 is 16.0 Å². The summed E-state index contributed by atoms with van der Waals surface area (Å²) in [6, 6.07) is 4.51. The Balaban J connectivity index is 1.77. The van der Waals surface area contributed by atoms with E-state index in [1.165, 1.54) is 14.2 Å². The zero-order valence-electron chi connectivity index (χ0n) is 58.0. The molecule has 1 aromatic carbocycles. The number of nitrogens with one attached hydrogen (secondary N) is 3. The molecule has 11 atom stereocenters. The number of hydrogen-bond acceptors (Lipinski definition) is 15. The van der Waals surface area contributed by atoms with Crippen LogP contribution in [0.4, 0.5) is 0 Å². The molecule has 1 aromatic rings. The van der Waals surface area contributed by atoms with E-state index in [1.807, 2.05) is 76.4 Å². The number of carbonyl (C=O) groups excluding carboxylic acids is 10. The van der Waals surface area contributed by atoms with Gasteiger partial charge in [0.1, 0.15) is 6.04 Å². The molecule has 0 bridgehead atoms. The maximum absolute atomic E-state index is 14.9. The van der Waals surface area contributed by atoms with E-state index in [4.69, 9.17) is 9.47 Å². The second kappa shape index (κ2) is 39.1. The third-order valence-electron chi connectivity index (χ3n) is 18.3. The first-order valence-electron chi connectivity index (χ1n) is 33.2. The fourth-order valence-electron chi connectivity index (χ4n) is 12.8. The van der Waals surface area contributed by atoms with Crippen LogP contribution >= 0.6 is 0 Å². The lowest BCUT2D eigenvalue weighted by Gasteiger charge is -2.41. The molecule has 0 aromatic heterocycles. The highest BCUT2D eigenvalue weighted by molar-refractivity contribution is 6.13. The highest BCUT2D eigenvalue weighted by atomic mass is 16.5. The van der Waals surface area contributed by atoms with Crippen LogP contribution in [0.1, 0.15) is 165 Å². The number of likely N-dealkylation sites (tertiary alicyclic amines) is 1. The van der Waals surface area contributed by atoms with Gasteiger partial charge in [-0.1, -0.05) is 106 Å². The summed E-state index contributed by atoms with van der Waals surface area (Å²) >= 11 is 0. The molecular formula is C69H110N8O16. The summed E-state index contributed by atoms with van der Waals surface area (Å²) in [4.78, 5) is 168. The number of unbranched alkanes of at least 4 members (excludes halogenated alkanes) is 2. The molecule has 93 heavy (non-hydrogen) atoms.